The summed E-state index contributed by atoms with van der Waals surface area (Å²) >= 11 is 0. The smallest absolute Gasteiger partial charge is 0.214 e. The highest BCUT2D eigenvalue weighted by molar-refractivity contribution is 6.06. The van der Waals surface area contributed by atoms with E-state index in [0.717, 1.165) is 6.42 Å². The summed E-state index contributed by atoms with van der Waals surface area (Å²) in [7, 11) is 2.13. The largest absolute Gasteiger partial charge is 0.354 e. The quantitative estimate of drug-likeness (QED) is 0.410. The third-order valence-corrected chi connectivity index (χ3v) is 4.73. The van der Waals surface area contributed by atoms with Crippen molar-refractivity contribution in [2.45, 2.75) is 13.3 Å². The number of benzene rings is 3. The third kappa shape index (κ3) is 2.31. The van der Waals surface area contributed by atoms with E-state index >= 15 is 0 Å². The van der Waals surface area contributed by atoms with Crippen molar-refractivity contribution in [3.8, 4) is 0 Å². The molecule has 1 N–H and O–H groups in total. The number of nitrogens with one attached hydrogen (secondary N) is 1. The minimum absolute atomic E-state index is 1.01. The van der Waals surface area contributed by atoms with E-state index in [2.05, 4.69) is 96.7 Å². The van der Waals surface area contributed by atoms with Crippen molar-refractivity contribution < 1.29 is 4.57 Å². The van der Waals surface area contributed by atoms with Crippen LogP contribution in [0.15, 0.2) is 72.8 Å². The molecule has 0 unspecified atom stereocenters. The Labute approximate surface area is 142 Å². The molecule has 1 aromatic heterocycles. The number of hydrogen-bond donors (Lipinski definition) is 1. The summed E-state index contributed by atoms with van der Waals surface area (Å²) in [6, 6.07) is 25.7. The monoisotopic (exact) mass is 313 g/mol. The average molecular weight is 313 g/mol. The SMILES string of the molecule is CCc1ccccc1Nc1c2ccccc2[n+](C)c2ccccc12. The first-order valence-electron chi connectivity index (χ1n) is 8.44. The molecule has 0 atom stereocenters. The second kappa shape index (κ2) is 5.97. The first kappa shape index (κ1) is 14.7. The third-order valence-electron chi connectivity index (χ3n) is 4.73. The molecule has 0 saturated heterocycles. The lowest BCUT2D eigenvalue weighted by Crippen LogP contribution is -2.30. The van der Waals surface area contributed by atoms with E-state index in [-0.39, 0.29) is 0 Å². The zero-order chi connectivity index (χ0) is 16.5. The molecule has 4 aromatic rings. The number of pyridine rings is 1. The zero-order valence-corrected chi connectivity index (χ0v) is 14.1. The van der Waals surface area contributed by atoms with Gasteiger partial charge in [-0.2, -0.15) is 4.57 Å². The highest BCUT2D eigenvalue weighted by Crippen LogP contribution is 2.33. The lowest BCUT2D eigenvalue weighted by molar-refractivity contribution is -0.617. The number of aromatic nitrogens is 1. The van der Waals surface area contributed by atoms with E-state index in [9.17, 15) is 0 Å². The lowest BCUT2D eigenvalue weighted by Gasteiger charge is -2.15. The molecule has 1 heterocycles. The Morgan fingerprint density at radius 1 is 0.750 bits per heavy atom. The Bertz CT molecular complexity index is 977. The van der Waals surface area contributed by atoms with Crippen LogP contribution >= 0.6 is 0 Å². The second-order valence-electron chi connectivity index (χ2n) is 6.10. The Kier molecular flexibility index (Phi) is 3.66. The number of rotatable bonds is 3. The Morgan fingerprint density at radius 3 is 1.92 bits per heavy atom. The van der Waals surface area contributed by atoms with E-state index in [1.807, 2.05) is 0 Å². The van der Waals surface area contributed by atoms with Crippen LogP contribution in [-0.2, 0) is 13.5 Å². The van der Waals surface area contributed by atoms with Crippen LogP contribution in [0.1, 0.15) is 12.5 Å². The summed E-state index contributed by atoms with van der Waals surface area (Å²) in [4.78, 5) is 0. The Hall–Kier alpha value is -2.87. The Balaban J connectivity index is 2.04. The molecule has 0 aliphatic rings. The zero-order valence-electron chi connectivity index (χ0n) is 14.1. The summed E-state index contributed by atoms with van der Waals surface area (Å²) in [5, 5.41) is 6.20. The van der Waals surface area contributed by atoms with Crippen molar-refractivity contribution in [2.75, 3.05) is 5.32 Å². The van der Waals surface area contributed by atoms with Gasteiger partial charge in [-0.05, 0) is 30.2 Å². The van der Waals surface area contributed by atoms with Crippen LogP contribution in [0.5, 0.6) is 0 Å². The van der Waals surface area contributed by atoms with Crippen molar-refractivity contribution in [1.82, 2.24) is 0 Å². The molecule has 118 valence electrons. The molecule has 4 rings (SSSR count). The highest BCUT2D eigenvalue weighted by Gasteiger charge is 2.17. The fourth-order valence-corrected chi connectivity index (χ4v) is 3.45. The summed E-state index contributed by atoms with van der Waals surface area (Å²) in [5.74, 6) is 0. The maximum Gasteiger partial charge on any atom is 0.214 e. The van der Waals surface area contributed by atoms with E-state index in [4.69, 9.17) is 0 Å². The van der Waals surface area contributed by atoms with E-state index < -0.39 is 0 Å². The minimum atomic E-state index is 1.01. The molecule has 2 heteroatoms. The molecule has 24 heavy (non-hydrogen) atoms. The van der Waals surface area contributed by atoms with E-state index in [0.29, 0.717) is 0 Å². The molecule has 0 amide bonds. The summed E-state index contributed by atoms with van der Waals surface area (Å²) < 4.78 is 2.27. The van der Waals surface area contributed by atoms with Gasteiger partial charge in [0.25, 0.3) is 0 Å². The number of nitrogens with zero attached hydrogens (tertiary/aromatic N) is 1. The maximum absolute atomic E-state index is 3.72. The lowest BCUT2D eigenvalue weighted by atomic mass is 10.1. The van der Waals surface area contributed by atoms with Gasteiger partial charge in [0.15, 0.2) is 0 Å². The van der Waals surface area contributed by atoms with Crippen LogP contribution in [-0.4, -0.2) is 0 Å². The van der Waals surface area contributed by atoms with Crippen LogP contribution in [0.25, 0.3) is 21.8 Å². The van der Waals surface area contributed by atoms with Gasteiger partial charge in [-0.3, -0.25) is 0 Å². The predicted molar refractivity (Wildman–Crippen MR) is 102 cm³/mol. The van der Waals surface area contributed by atoms with E-state index in [1.165, 1.54) is 38.7 Å². The van der Waals surface area contributed by atoms with Crippen LogP contribution in [0.2, 0.25) is 0 Å². The van der Waals surface area contributed by atoms with Crippen molar-refractivity contribution in [1.29, 1.82) is 0 Å². The molecule has 0 aliphatic carbocycles. The summed E-state index contributed by atoms with van der Waals surface area (Å²) in [6.45, 7) is 2.20. The molecule has 0 saturated carbocycles. The van der Waals surface area contributed by atoms with Crippen LogP contribution in [0.4, 0.5) is 11.4 Å². The number of aryl methyl sites for hydroxylation is 2. The molecule has 0 bridgehead atoms. The van der Waals surface area contributed by atoms with E-state index in [1.54, 1.807) is 0 Å². The van der Waals surface area contributed by atoms with Gasteiger partial charge in [0.05, 0.1) is 16.5 Å². The van der Waals surface area contributed by atoms with Gasteiger partial charge in [0, 0.05) is 17.8 Å². The topological polar surface area (TPSA) is 15.9 Å². The molecule has 0 aliphatic heterocycles. The number of anilines is 2. The normalized spacial score (nSPS) is 11.1. The van der Waals surface area contributed by atoms with Crippen molar-refractivity contribution in [3.63, 3.8) is 0 Å². The first-order valence-corrected chi connectivity index (χ1v) is 8.44. The standard InChI is InChI=1S/C22H20N2/c1-3-16-10-4-7-13-19(16)23-22-17-11-5-8-14-20(17)24(2)21-15-9-6-12-18(21)22/h4-15H,3H2,1-2H3/p+1. The fourth-order valence-electron chi connectivity index (χ4n) is 3.45. The van der Waals surface area contributed by atoms with Crippen molar-refractivity contribution in [2.24, 2.45) is 7.05 Å². The maximum atomic E-state index is 3.72. The highest BCUT2D eigenvalue weighted by atomic mass is 15.0. The minimum Gasteiger partial charge on any atom is -0.354 e. The second-order valence-corrected chi connectivity index (χ2v) is 6.10. The first-order chi connectivity index (χ1) is 11.8. The van der Waals surface area contributed by atoms with Crippen LogP contribution < -0.4 is 9.88 Å². The van der Waals surface area contributed by atoms with Crippen molar-refractivity contribution in [3.05, 3.63) is 78.4 Å². The van der Waals surface area contributed by atoms with Crippen LogP contribution in [0, 0.1) is 0 Å². The molecule has 0 spiro atoms. The number of fused-ring (bicyclic) bond motifs is 2. The van der Waals surface area contributed by atoms with Gasteiger partial charge in [-0.1, -0.05) is 49.4 Å². The van der Waals surface area contributed by atoms with Gasteiger partial charge in [0.1, 0.15) is 7.05 Å². The van der Waals surface area contributed by atoms with Gasteiger partial charge in [0.2, 0.25) is 11.0 Å². The number of hydrogen-bond acceptors (Lipinski definition) is 1. The average Bonchev–Trinajstić information content (AvgIpc) is 2.65. The molecular formula is C22H21N2+. The van der Waals surface area contributed by atoms with Gasteiger partial charge in [-0.15, -0.1) is 0 Å². The van der Waals surface area contributed by atoms with Crippen molar-refractivity contribution >= 4 is 33.2 Å². The molecule has 2 nitrogen and oxygen atoms in total. The van der Waals surface area contributed by atoms with Gasteiger partial charge < -0.3 is 5.32 Å². The molecule has 0 radical (unpaired) electrons. The molecule has 3 aromatic carbocycles. The predicted octanol–water partition coefficient (Wildman–Crippen LogP) is 5.12. The van der Waals surface area contributed by atoms with Gasteiger partial charge in [-0.25, -0.2) is 0 Å². The Morgan fingerprint density at radius 2 is 1.29 bits per heavy atom. The van der Waals surface area contributed by atoms with Crippen LogP contribution in [0.3, 0.4) is 0 Å². The summed E-state index contributed by atoms with van der Waals surface area (Å²) in [6.07, 6.45) is 1.01. The molecular weight excluding hydrogens is 292 g/mol. The summed E-state index contributed by atoms with van der Waals surface area (Å²) in [5.41, 5.74) is 6.16. The molecule has 0 fully saturated rings. The fraction of sp³-hybridized carbons (Fsp3) is 0.136. The number of para-hydroxylation sites is 3. The van der Waals surface area contributed by atoms with Gasteiger partial charge >= 0.3 is 0 Å².